The predicted octanol–water partition coefficient (Wildman–Crippen LogP) is 10.3. The van der Waals surface area contributed by atoms with Gasteiger partial charge in [-0.05, 0) is 44.7 Å². The molecule has 4 nitrogen and oxygen atoms in total. The van der Waals surface area contributed by atoms with Gasteiger partial charge in [-0.3, -0.25) is 0 Å². The van der Waals surface area contributed by atoms with Crippen LogP contribution in [0.3, 0.4) is 0 Å². The van der Waals surface area contributed by atoms with Crippen LogP contribution in [0.15, 0.2) is 7.57 Å². The van der Waals surface area contributed by atoms with Gasteiger partial charge in [-0.1, -0.05) is 6.92 Å². The van der Waals surface area contributed by atoms with Gasteiger partial charge in [0, 0.05) is 32.5 Å². The molecule has 2 rings (SSSR count). The second-order valence-electron chi connectivity index (χ2n) is 10.6. The highest BCUT2D eigenvalue weighted by molar-refractivity contribution is 9.12. The molecule has 0 atom stereocenters. The van der Waals surface area contributed by atoms with Crippen molar-refractivity contribution in [3.8, 4) is 11.5 Å². The van der Waals surface area contributed by atoms with Crippen molar-refractivity contribution in [1.29, 1.82) is 0 Å². The third-order valence-electron chi connectivity index (χ3n) is 6.28. The number of halogens is 13. The van der Waals surface area contributed by atoms with Gasteiger partial charge >= 0.3 is 6.18 Å². The minimum atomic E-state index is -5.30. The lowest BCUT2D eigenvalue weighted by Crippen LogP contribution is -2.43. The van der Waals surface area contributed by atoms with Crippen LogP contribution in [0.25, 0.3) is 0 Å². The zero-order chi connectivity index (χ0) is 32.7. The summed E-state index contributed by atoms with van der Waals surface area (Å²) in [6.45, 7) is -0.120. The van der Waals surface area contributed by atoms with Crippen LogP contribution in [0, 0.1) is 5.41 Å². The molecule has 0 saturated heterocycles. The summed E-state index contributed by atoms with van der Waals surface area (Å²) < 4.78 is 170. The first-order valence-corrected chi connectivity index (χ1v) is 15.5. The lowest BCUT2D eigenvalue weighted by molar-refractivity contribution is -0.206. The molecule has 1 aromatic heterocycles. The molecule has 43 heavy (non-hydrogen) atoms. The smallest absolute Gasteiger partial charge is 0.394 e. The fourth-order valence-electron chi connectivity index (χ4n) is 4.15. The van der Waals surface area contributed by atoms with E-state index in [1.807, 2.05) is 0 Å². The standard InChI is InChI=1S/C25H31Br2F11O4S/c1-2-21(28,29)9-22(30,31)5-3-7-39-12-20(14-41-16-17(42-15-20)19(27)43-18(16)26)13-40-8-4-6-23(32,33)10-24(34,35)11-25(36,37)38/h2-15H2,1H3. The highest BCUT2D eigenvalue weighted by Crippen LogP contribution is 2.51. The molecule has 1 aliphatic rings. The molecule has 0 amide bonds. The second-order valence-corrected chi connectivity index (χ2v) is 14.3. The summed E-state index contributed by atoms with van der Waals surface area (Å²) in [5.74, 6) is -15.1. The molecule has 1 aromatic rings. The molecule has 2 heterocycles. The summed E-state index contributed by atoms with van der Waals surface area (Å²) in [4.78, 5) is 0. The number of rotatable bonds is 18. The number of alkyl halides is 11. The fraction of sp³-hybridized carbons (Fsp3) is 0.840. The Bertz CT molecular complexity index is 994. The molecule has 0 fully saturated rings. The first-order chi connectivity index (χ1) is 19.6. The Balaban J connectivity index is 1.93. The average molecular weight is 796 g/mol. The zero-order valence-corrected chi connectivity index (χ0v) is 26.8. The summed E-state index contributed by atoms with van der Waals surface area (Å²) >= 11 is 7.93. The van der Waals surface area contributed by atoms with Gasteiger partial charge in [0.15, 0.2) is 11.5 Å². The van der Waals surface area contributed by atoms with E-state index in [9.17, 15) is 48.3 Å². The maximum absolute atomic E-state index is 14.0. The Morgan fingerprint density at radius 2 is 1.09 bits per heavy atom. The van der Waals surface area contributed by atoms with Gasteiger partial charge in [0.05, 0.1) is 31.5 Å². The van der Waals surface area contributed by atoms with E-state index in [1.54, 1.807) is 0 Å². The molecule has 0 aromatic carbocycles. The maximum atomic E-state index is 14.0. The monoisotopic (exact) mass is 794 g/mol. The third-order valence-corrected chi connectivity index (χ3v) is 8.70. The van der Waals surface area contributed by atoms with Gasteiger partial charge in [0.2, 0.25) is 0 Å². The van der Waals surface area contributed by atoms with Crippen molar-refractivity contribution in [1.82, 2.24) is 0 Å². The largest absolute Gasteiger partial charge is 0.487 e. The van der Waals surface area contributed by atoms with E-state index < -0.39 is 80.2 Å². The van der Waals surface area contributed by atoms with Crippen LogP contribution < -0.4 is 9.47 Å². The van der Waals surface area contributed by atoms with E-state index in [0.29, 0.717) is 19.1 Å². The van der Waals surface area contributed by atoms with Crippen LogP contribution in [0.1, 0.15) is 58.3 Å². The summed E-state index contributed by atoms with van der Waals surface area (Å²) in [7, 11) is 0. The van der Waals surface area contributed by atoms with Gasteiger partial charge in [-0.15, -0.1) is 11.3 Å². The van der Waals surface area contributed by atoms with E-state index in [2.05, 4.69) is 31.9 Å². The molecular weight excluding hydrogens is 765 g/mol. The number of fused-ring (bicyclic) bond motifs is 1. The van der Waals surface area contributed by atoms with Crippen molar-refractivity contribution < 1.29 is 67.2 Å². The lowest BCUT2D eigenvalue weighted by Gasteiger charge is -2.31. The minimum absolute atomic E-state index is 0.0967. The van der Waals surface area contributed by atoms with Crippen molar-refractivity contribution in [2.75, 3.05) is 39.6 Å². The molecular formula is C25H31Br2F11O4S. The Morgan fingerprint density at radius 1 is 0.674 bits per heavy atom. The quantitative estimate of drug-likeness (QED) is 0.110. The number of hydrogen-bond donors (Lipinski definition) is 0. The van der Waals surface area contributed by atoms with Gasteiger partial charge in [0.25, 0.3) is 23.7 Å². The number of hydrogen-bond acceptors (Lipinski definition) is 5. The summed E-state index contributed by atoms with van der Waals surface area (Å²) in [5, 5.41) is 0. The number of ether oxygens (including phenoxy) is 4. The average Bonchev–Trinajstić information content (AvgIpc) is 2.96. The molecule has 0 N–H and O–H groups in total. The molecule has 252 valence electrons. The maximum Gasteiger partial charge on any atom is 0.394 e. The Kier molecular flexibility index (Phi) is 13.8. The first kappa shape index (κ1) is 38.6. The van der Waals surface area contributed by atoms with E-state index in [1.165, 1.54) is 11.3 Å². The van der Waals surface area contributed by atoms with E-state index in [0.717, 1.165) is 6.92 Å². The van der Waals surface area contributed by atoms with E-state index in [4.69, 9.17) is 18.9 Å². The van der Waals surface area contributed by atoms with E-state index >= 15 is 0 Å². The van der Waals surface area contributed by atoms with Crippen molar-refractivity contribution in [3.63, 3.8) is 0 Å². The fourth-order valence-corrected chi connectivity index (χ4v) is 7.01. The zero-order valence-electron chi connectivity index (χ0n) is 22.9. The first-order valence-electron chi connectivity index (χ1n) is 13.1. The van der Waals surface area contributed by atoms with Gasteiger partial charge in [-0.2, -0.15) is 13.2 Å². The van der Waals surface area contributed by atoms with Gasteiger partial charge in [0.1, 0.15) is 27.2 Å². The topological polar surface area (TPSA) is 36.9 Å². The molecule has 0 saturated carbocycles. The van der Waals surface area contributed by atoms with Crippen LogP contribution in [0.2, 0.25) is 0 Å². The molecule has 0 spiro atoms. The van der Waals surface area contributed by atoms with Crippen LogP contribution in [0.5, 0.6) is 11.5 Å². The van der Waals surface area contributed by atoms with Gasteiger partial charge in [-0.25, -0.2) is 35.1 Å². The van der Waals surface area contributed by atoms with Crippen LogP contribution >= 0.6 is 43.2 Å². The van der Waals surface area contributed by atoms with Crippen molar-refractivity contribution in [2.45, 2.75) is 88.2 Å². The Morgan fingerprint density at radius 3 is 1.49 bits per heavy atom. The highest BCUT2D eigenvalue weighted by atomic mass is 79.9. The molecule has 0 radical (unpaired) electrons. The molecule has 0 bridgehead atoms. The van der Waals surface area contributed by atoms with Crippen molar-refractivity contribution >= 4 is 43.2 Å². The van der Waals surface area contributed by atoms with Crippen molar-refractivity contribution in [3.05, 3.63) is 7.57 Å². The van der Waals surface area contributed by atoms with Crippen LogP contribution in [-0.4, -0.2) is 69.5 Å². The molecule has 1 aliphatic heterocycles. The molecule has 0 unspecified atom stereocenters. The summed E-state index contributed by atoms with van der Waals surface area (Å²) in [5.41, 5.74) is -1.10. The lowest BCUT2D eigenvalue weighted by atomic mass is 9.92. The summed E-state index contributed by atoms with van der Waals surface area (Å²) in [6.07, 6.45) is -15.2. The van der Waals surface area contributed by atoms with Crippen LogP contribution in [-0.2, 0) is 9.47 Å². The SMILES string of the molecule is CCC(F)(F)CC(F)(F)CCCOCC1(COCCCC(F)(F)CC(F)(F)CC(F)(F)F)COc2c(Br)sc(Br)c2OC1. The number of thiophene rings is 1. The van der Waals surface area contributed by atoms with Crippen LogP contribution in [0.4, 0.5) is 48.3 Å². The second kappa shape index (κ2) is 15.3. The highest BCUT2D eigenvalue weighted by Gasteiger charge is 2.49. The summed E-state index contributed by atoms with van der Waals surface area (Å²) in [6, 6.07) is 0. The third kappa shape index (κ3) is 13.7. The Hall–Kier alpha value is -0.590. The van der Waals surface area contributed by atoms with Gasteiger partial charge < -0.3 is 18.9 Å². The van der Waals surface area contributed by atoms with E-state index in [-0.39, 0.29) is 46.1 Å². The Labute approximate surface area is 262 Å². The predicted molar refractivity (Wildman–Crippen MR) is 143 cm³/mol. The normalized spacial score (nSPS) is 16.4. The minimum Gasteiger partial charge on any atom is -0.487 e. The van der Waals surface area contributed by atoms with Crippen molar-refractivity contribution in [2.24, 2.45) is 5.41 Å². The molecule has 18 heteroatoms. The molecule has 0 aliphatic carbocycles.